The first kappa shape index (κ1) is 15.4. The largest absolute Gasteiger partial charge is 0.495 e. The maximum atomic E-state index is 5.51. The molecule has 1 aromatic carbocycles. The van der Waals surface area contributed by atoms with Crippen molar-refractivity contribution in [3.05, 3.63) is 24.0 Å². The molecular weight excluding hydrogens is 310 g/mol. The van der Waals surface area contributed by atoms with E-state index in [1.807, 2.05) is 18.2 Å². The Hall–Kier alpha value is -2.12. The Morgan fingerprint density at radius 3 is 2.79 bits per heavy atom. The van der Waals surface area contributed by atoms with Gasteiger partial charge in [-0.05, 0) is 24.6 Å². The molecule has 2 aromatic rings. The Bertz CT molecular complexity index is 691. The number of hydrogen-bond donors (Lipinski definition) is 0. The van der Waals surface area contributed by atoms with Crippen molar-refractivity contribution in [3.8, 4) is 17.2 Å². The molecule has 0 bridgehead atoms. The average molecular weight is 331 g/mol. The van der Waals surface area contributed by atoms with Crippen LogP contribution < -0.4 is 9.64 Å². The van der Waals surface area contributed by atoms with E-state index < -0.39 is 0 Å². The van der Waals surface area contributed by atoms with E-state index in [2.05, 4.69) is 15.0 Å². The molecule has 4 rings (SSSR count). The van der Waals surface area contributed by atoms with Crippen LogP contribution in [0.2, 0.25) is 0 Å². The summed E-state index contributed by atoms with van der Waals surface area (Å²) in [6.45, 7) is 4.56. The van der Waals surface area contributed by atoms with Crippen molar-refractivity contribution < 1.29 is 18.7 Å². The number of aromatic nitrogens is 2. The van der Waals surface area contributed by atoms with Gasteiger partial charge in [-0.15, -0.1) is 0 Å². The molecule has 0 radical (unpaired) electrons. The van der Waals surface area contributed by atoms with Gasteiger partial charge in [0.05, 0.1) is 32.6 Å². The van der Waals surface area contributed by atoms with Crippen molar-refractivity contribution in [2.24, 2.45) is 0 Å². The van der Waals surface area contributed by atoms with Gasteiger partial charge in [0, 0.05) is 31.2 Å². The average Bonchev–Trinajstić information content (AvgIpc) is 3.33. The predicted octanol–water partition coefficient (Wildman–Crippen LogP) is 2.09. The highest BCUT2D eigenvalue weighted by atomic mass is 16.5. The van der Waals surface area contributed by atoms with Gasteiger partial charge in [0.25, 0.3) is 5.89 Å². The van der Waals surface area contributed by atoms with Crippen molar-refractivity contribution >= 4 is 5.69 Å². The molecule has 0 aliphatic carbocycles. The third-order valence-electron chi connectivity index (χ3n) is 4.51. The maximum Gasteiger partial charge on any atom is 0.258 e. The Labute approximate surface area is 140 Å². The lowest BCUT2D eigenvalue weighted by Crippen LogP contribution is -2.36. The van der Waals surface area contributed by atoms with E-state index in [1.54, 1.807) is 7.11 Å². The summed E-state index contributed by atoms with van der Waals surface area (Å²) >= 11 is 0. The van der Waals surface area contributed by atoms with E-state index in [4.69, 9.17) is 18.7 Å². The molecule has 2 aliphatic heterocycles. The molecule has 24 heavy (non-hydrogen) atoms. The fourth-order valence-corrected chi connectivity index (χ4v) is 3.13. The molecule has 128 valence electrons. The number of methoxy groups -OCH3 is 1. The third-order valence-corrected chi connectivity index (χ3v) is 4.51. The van der Waals surface area contributed by atoms with Crippen molar-refractivity contribution in [2.45, 2.75) is 12.3 Å². The molecule has 0 spiro atoms. The van der Waals surface area contributed by atoms with Crippen LogP contribution in [0.25, 0.3) is 11.5 Å². The number of rotatable bonds is 4. The summed E-state index contributed by atoms with van der Waals surface area (Å²) in [5.74, 6) is 2.34. The highest BCUT2D eigenvalue weighted by Gasteiger charge is 2.24. The number of nitrogens with zero attached hydrogens (tertiary/aromatic N) is 3. The fourth-order valence-electron chi connectivity index (χ4n) is 3.13. The van der Waals surface area contributed by atoms with E-state index in [-0.39, 0.29) is 5.92 Å². The zero-order valence-electron chi connectivity index (χ0n) is 13.7. The van der Waals surface area contributed by atoms with Crippen LogP contribution in [-0.2, 0) is 9.47 Å². The summed E-state index contributed by atoms with van der Waals surface area (Å²) in [6.07, 6.45) is 0.945. The molecule has 0 N–H and O–H groups in total. The number of anilines is 1. The van der Waals surface area contributed by atoms with Gasteiger partial charge in [0.1, 0.15) is 5.75 Å². The van der Waals surface area contributed by atoms with Gasteiger partial charge < -0.3 is 23.6 Å². The molecule has 1 atom stereocenters. The maximum absolute atomic E-state index is 5.51. The Morgan fingerprint density at radius 2 is 2.04 bits per heavy atom. The number of benzene rings is 1. The van der Waals surface area contributed by atoms with Crippen LogP contribution in [0, 0.1) is 0 Å². The van der Waals surface area contributed by atoms with E-state index in [1.165, 1.54) is 0 Å². The first-order chi connectivity index (χ1) is 11.8. The molecule has 7 heteroatoms. The highest BCUT2D eigenvalue weighted by molar-refractivity contribution is 5.68. The van der Waals surface area contributed by atoms with Gasteiger partial charge in [0.15, 0.2) is 5.82 Å². The second-order valence-corrected chi connectivity index (χ2v) is 6.00. The molecule has 2 saturated heterocycles. The minimum atomic E-state index is 0.236. The summed E-state index contributed by atoms with van der Waals surface area (Å²) in [6, 6.07) is 5.94. The number of morpholine rings is 1. The topological polar surface area (TPSA) is 69.9 Å². The van der Waals surface area contributed by atoms with Crippen LogP contribution in [0.5, 0.6) is 5.75 Å². The van der Waals surface area contributed by atoms with Crippen molar-refractivity contribution in [2.75, 3.05) is 51.5 Å². The second kappa shape index (κ2) is 6.78. The zero-order chi connectivity index (χ0) is 16.4. The quantitative estimate of drug-likeness (QED) is 0.849. The Kier molecular flexibility index (Phi) is 4.36. The molecule has 2 fully saturated rings. The summed E-state index contributed by atoms with van der Waals surface area (Å²) in [4.78, 5) is 6.82. The normalized spacial score (nSPS) is 21.2. The lowest BCUT2D eigenvalue weighted by atomic mass is 10.1. The van der Waals surface area contributed by atoms with Gasteiger partial charge in [-0.1, -0.05) is 5.16 Å². The second-order valence-electron chi connectivity index (χ2n) is 6.00. The molecular formula is C17H21N3O4. The molecule has 0 saturated carbocycles. The van der Waals surface area contributed by atoms with Gasteiger partial charge in [-0.3, -0.25) is 0 Å². The van der Waals surface area contributed by atoms with Crippen molar-refractivity contribution in [1.29, 1.82) is 0 Å². The van der Waals surface area contributed by atoms with E-state index >= 15 is 0 Å². The lowest BCUT2D eigenvalue weighted by molar-refractivity contribution is 0.122. The minimum absolute atomic E-state index is 0.236. The summed E-state index contributed by atoms with van der Waals surface area (Å²) in [7, 11) is 1.68. The SMILES string of the molecule is COc1ccc(-c2nc([C@H]3CCOC3)no2)cc1N1CCOCC1. The summed E-state index contributed by atoms with van der Waals surface area (Å²) in [5, 5.41) is 4.13. The molecule has 0 amide bonds. The van der Waals surface area contributed by atoms with E-state index in [0.29, 0.717) is 12.5 Å². The number of ether oxygens (including phenoxy) is 3. The van der Waals surface area contributed by atoms with E-state index in [0.717, 1.165) is 62.2 Å². The van der Waals surface area contributed by atoms with Crippen LogP contribution in [0.15, 0.2) is 22.7 Å². The summed E-state index contributed by atoms with van der Waals surface area (Å²) in [5.41, 5.74) is 1.93. The molecule has 1 aromatic heterocycles. The zero-order valence-corrected chi connectivity index (χ0v) is 13.7. The van der Waals surface area contributed by atoms with Crippen LogP contribution in [-0.4, -0.2) is 56.8 Å². The van der Waals surface area contributed by atoms with Crippen molar-refractivity contribution in [3.63, 3.8) is 0 Å². The summed E-state index contributed by atoms with van der Waals surface area (Å²) < 4.78 is 21.8. The van der Waals surface area contributed by atoms with Crippen LogP contribution >= 0.6 is 0 Å². The van der Waals surface area contributed by atoms with Crippen LogP contribution in [0.1, 0.15) is 18.2 Å². The standard InChI is InChI=1S/C17H21N3O4/c1-21-15-3-2-12(10-14(15)20-5-8-22-9-6-20)17-18-16(19-24-17)13-4-7-23-11-13/h2-3,10,13H,4-9,11H2,1H3/t13-/m0/s1. The minimum Gasteiger partial charge on any atom is -0.495 e. The predicted molar refractivity (Wildman–Crippen MR) is 87.5 cm³/mol. The third kappa shape index (κ3) is 2.97. The fraction of sp³-hybridized carbons (Fsp3) is 0.529. The monoisotopic (exact) mass is 331 g/mol. The molecule has 3 heterocycles. The van der Waals surface area contributed by atoms with Gasteiger partial charge >= 0.3 is 0 Å². The van der Waals surface area contributed by atoms with Crippen LogP contribution in [0.3, 0.4) is 0 Å². The van der Waals surface area contributed by atoms with Gasteiger partial charge in [0.2, 0.25) is 0 Å². The first-order valence-electron chi connectivity index (χ1n) is 8.27. The smallest absolute Gasteiger partial charge is 0.258 e. The Morgan fingerprint density at radius 1 is 1.17 bits per heavy atom. The van der Waals surface area contributed by atoms with Crippen LogP contribution in [0.4, 0.5) is 5.69 Å². The van der Waals surface area contributed by atoms with Gasteiger partial charge in [-0.2, -0.15) is 4.98 Å². The lowest BCUT2D eigenvalue weighted by Gasteiger charge is -2.30. The molecule has 2 aliphatic rings. The van der Waals surface area contributed by atoms with Gasteiger partial charge in [-0.25, -0.2) is 0 Å². The van der Waals surface area contributed by atoms with E-state index in [9.17, 15) is 0 Å². The Balaban J connectivity index is 1.63. The van der Waals surface area contributed by atoms with Crippen molar-refractivity contribution in [1.82, 2.24) is 10.1 Å². The highest BCUT2D eigenvalue weighted by Crippen LogP contribution is 2.34. The first-order valence-corrected chi connectivity index (χ1v) is 8.27. The number of hydrogen-bond acceptors (Lipinski definition) is 7. The molecule has 7 nitrogen and oxygen atoms in total. The molecule has 0 unspecified atom stereocenters.